The Kier molecular flexibility index (Phi) is 26.7. The molecule has 0 N–H and O–H groups in total. The van der Waals surface area contributed by atoms with Gasteiger partial charge in [0.05, 0.1) is 45.8 Å². The zero-order chi connectivity index (χ0) is 46.9. The summed E-state index contributed by atoms with van der Waals surface area (Å²) < 4.78 is 69.8. The molecule has 0 amide bonds. The molecule has 5 rings (SSSR count). The van der Waals surface area contributed by atoms with E-state index in [0.717, 1.165) is 58.3 Å². The second-order valence-corrected chi connectivity index (χ2v) is 23.8. The fraction of sp³-hybridized carbons (Fsp3) is 0.519. The number of benzene rings is 4. The first-order chi connectivity index (χ1) is 31.3. The van der Waals surface area contributed by atoms with Crippen molar-refractivity contribution >= 4 is 74.3 Å². The molecule has 0 bridgehead atoms. The van der Waals surface area contributed by atoms with E-state index in [2.05, 4.69) is 87.5 Å². The number of rotatable bonds is 30. The molecule has 0 aliphatic rings. The van der Waals surface area contributed by atoms with Gasteiger partial charge in [-0.05, 0) is 92.1 Å². The Morgan fingerprint density at radius 1 is 0.515 bits per heavy atom. The summed E-state index contributed by atoms with van der Waals surface area (Å²) in [6.45, 7) is 8.69. The number of ether oxygens (including phenoxy) is 3. The Bertz CT molecular complexity index is 2100. The van der Waals surface area contributed by atoms with Gasteiger partial charge in [0.2, 0.25) is 0 Å². The molecule has 0 aliphatic carbocycles. The monoisotopic (exact) mass is 1090 g/mol. The van der Waals surface area contributed by atoms with Crippen molar-refractivity contribution in [2.24, 2.45) is 0 Å². The zero-order valence-electron chi connectivity index (χ0n) is 39.0. The Morgan fingerprint density at radius 2 is 0.924 bits per heavy atom. The summed E-state index contributed by atoms with van der Waals surface area (Å²) in [6, 6.07) is 27.2. The van der Waals surface area contributed by atoms with E-state index in [4.69, 9.17) is 25.8 Å². The van der Waals surface area contributed by atoms with Crippen LogP contribution < -0.4 is 24.3 Å². The van der Waals surface area contributed by atoms with Gasteiger partial charge in [0.25, 0.3) is 0 Å². The Balaban J connectivity index is 0.00000154. The number of halogens is 7. The van der Waals surface area contributed by atoms with E-state index in [1.54, 1.807) is 17.4 Å². The number of fused-ring (bicyclic) bond motifs is 2. The molecule has 0 aliphatic heterocycles. The van der Waals surface area contributed by atoms with E-state index in [9.17, 15) is 18.9 Å². The van der Waals surface area contributed by atoms with Crippen LogP contribution in [0, 0.1) is 0 Å². The van der Waals surface area contributed by atoms with E-state index >= 15 is 0 Å². The van der Waals surface area contributed by atoms with Crippen LogP contribution in [0.15, 0.2) is 98.3 Å². The molecular formula is C52H70ClF6O4S2Sb. The standard InChI is InChI=1S/C52H70ClO4S2.6FH.Sb/c1-4-7-9-11-13-15-17-19-21-23-38-55-41-25-29-43(30-26-41)59(44-31-27-42(28-32-44)56-39-24-22-20-18-16-14-12-10-8-5-2)45-33-36-49-46(40-45)51(54)50-47(53)34-35-48(52(50)58-49)57-37-6-3;;;;;;;/h25-36,40H,4-24,37-39H2,1-3H3;6*1H;/q+1;;;;;;;+5/p-6. The molecule has 14 heteroatoms. The van der Waals surface area contributed by atoms with Crippen LogP contribution in [0.2, 0.25) is 5.02 Å². The Morgan fingerprint density at radius 3 is 1.35 bits per heavy atom. The van der Waals surface area contributed by atoms with Crippen LogP contribution in [0.25, 0.3) is 20.2 Å². The predicted octanol–water partition coefficient (Wildman–Crippen LogP) is 15.3. The van der Waals surface area contributed by atoms with Gasteiger partial charge in [0.1, 0.15) is 17.2 Å². The SMILES string of the molecule is CCCCCCCCCCCCOc1ccc([S+](c2ccc(OCCCCCCCCCCCC)cc2)c2ccc3sc4c(OCCC)ccc(Cl)c4c(=O)c3c2)cc1.[F-].[F][Sb]([F])([F])([F])[F]. The molecule has 0 radical (unpaired) electrons. The molecule has 368 valence electrons. The van der Waals surface area contributed by atoms with Crippen LogP contribution in [0.1, 0.15) is 156 Å². The molecule has 0 saturated carbocycles. The van der Waals surface area contributed by atoms with E-state index in [-0.39, 0.29) is 10.1 Å². The molecule has 0 unspecified atom stereocenters. The first kappa shape index (κ1) is 57.5. The second-order valence-electron chi connectivity index (χ2n) is 16.6. The van der Waals surface area contributed by atoms with E-state index in [1.807, 2.05) is 6.07 Å². The van der Waals surface area contributed by atoms with E-state index in [1.165, 1.54) is 125 Å². The first-order valence-corrected chi connectivity index (χ1v) is 31.1. The Labute approximate surface area is 406 Å². The van der Waals surface area contributed by atoms with Gasteiger partial charge < -0.3 is 18.9 Å². The second kappa shape index (κ2) is 30.6. The fourth-order valence-electron chi connectivity index (χ4n) is 7.64. The Hall–Kier alpha value is -2.79. The summed E-state index contributed by atoms with van der Waals surface area (Å²) in [7, 11) is -0.477. The average molecular weight is 1090 g/mol. The van der Waals surface area contributed by atoms with Crippen LogP contribution in [-0.2, 0) is 10.9 Å². The van der Waals surface area contributed by atoms with Crippen LogP contribution >= 0.6 is 22.9 Å². The molecule has 0 saturated heterocycles. The molecular weight excluding hydrogens is 1020 g/mol. The van der Waals surface area contributed by atoms with Gasteiger partial charge in [-0.3, -0.25) is 4.79 Å². The third-order valence-electron chi connectivity index (χ3n) is 11.1. The van der Waals surface area contributed by atoms with E-state index < -0.39 is 31.2 Å². The average Bonchev–Trinajstić information content (AvgIpc) is 3.27. The van der Waals surface area contributed by atoms with Gasteiger partial charge in [0, 0.05) is 16.2 Å². The molecule has 0 fully saturated rings. The zero-order valence-corrected chi connectivity index (χ0v) is 44.0. The maximum atomic E-state index is 14.2. The van der Waals surface area contributed by atoms with Gasteiger partial charge in [-0.15, -0.1) is 11.3 Å². The van der Waals surface area contributed by atoms with E-state index in [0.29, 0.717) is 28.2 Å². The van der Waals surface area contributed by atoms with Crippen molar-refractivity contribution in [1.82, 2.24) is 0 Å². The minimum absolute atomic E-state index is 0. The minimum atomic E-state index is -9.19. The van der Waals surface area contributed by atoms with Gasteiger partial charge in [0.15, 0.2) is 20.1 Å². The fourth-order valence-corrected chi connectivity index (χ4v) is 11.2. The van der Waals surface area contributed by atoms with Crippen molar-refractivity contribution in [2.45, 2.75) is 170 Å². The molecule has 5 aromatic rings. The molecule has 0 atom stereocenters. The van der Waals surface area contributed by atoms with Crippen molar-refractivity contribution in [3.8, 4) is 17.2 Å². The summed E-state index contributed by atoms with van der Waals surface area (Å²) in [5.74, 6) is 2.51. The van der Waals surface area contributed by atoms with Crippen LogP contribution in [0.5, 0.6) is 17.2 Å². The molecule has 66 heavy (non-hydrogen) atoms. The third kappa shape index (κ3) is 21.7. The topological polar surface area (TPSA) is 44.8 Å². The summed E-state index contributed by atoms with van der Waals surface area (Å²) in [5, 5.41) is 1.67. The molecule has 0 spiro atoms. The van der Waals surface area contributed by atoms with Gasteiger partial charge >= 0.3 is 34.4 Å². The predicted molar refractivity (Wildman–Crippen MR) is 267 cm³/mol. The number of hydrogen-bond donors (Lipinski definition) is 0. The summed E-state index contributed by atoms with van der Waals surface area (Å²) in [6.07, 6.45) is 27.1. The maximum absolute atomic E-state index is 14.2. The van der Waals surface area contributed by atoms with Crippen molar-refractivity contribution < 1.29 is 33.0 Å². The summed E-state index contributed by atoms with van der Waals surface area (Å²) >= 11 is -0.913. The number of hydrogen-bond acceptors (Lipinski definition) is 5. The van der Waals surface area contributed by atoms with Crippen molar-refractivity contribution in [3.05, 3.63) is 94.1 Å². The molecule has 1 heterocycles. The quantitative estimate of drug-likeness (QED) is 0.0151. The molecule has 4 aromatic carbocycles. The van der Waals surface area contributed by atoms with Crippen molar-refractivity contribution in [2.75, 3.05) is 19.8 Å². The van der Waals surface area contributed by atoms with Crippen molar-refractivity contribution in [1.29, 1.82) is 0 Å². The van der Waals surface area contributed by atoms with Gasteiger partial charge in [-0.2, -0.15) is 0 Å². The van der Waals surface area contributed by atoms with Gasteiger partial charge in [-0.25, -0.2) is 0 Å². The van der Waals surface area contributed by atoms with Crippen LogP contribution in [0.4, 0.5) is 14.1 Å². The van der Waals surface area contributed by atoms with Crippen LogP contribution in [0.3, 0.4) is 0 Å². The van der Waals surface area contributed by atoms with Gasteiger partial charge in [-0.1, -0.05) is 148 Å². The molecule has 1 aromatic heterocycles. The normalized spacial score (nSPS) is 12.1. The first-order valence-electron chi connectivity index (χ1n) is 23.9. The van der Waals surface area contributed by atoms with Crippen molar-refractivity contribution in [3.63, 3.8) is 0 Å². The number of unbranched alkanes of at least 4 members (excludes halogenated alkanes) is 18. The molecule has 4 nitrogen and oxygen atoms in total. The van der Waals surface area contributed by atoms with Crippen LogP contribution in [-0.4, -0.2) is 40.1 Å². The third-order valence-corrected chi connectivity index (χ3v) is 14.8. The summed E-state index contributed by atoms with van der Waals surface area (Å²) in [4.78, 5) is 17.6. The summed E-state index contributed by atoms with van der Waals surface area (Å²) in [5.41, 5.74) is -0.0578.